The molecule has 0 heterocycles. The SMILES string of the molecule is CC.CC1=CCC(c2ccc(C)cc2)C=C1. The Balaban J connectivity index is 0.000000606. The Morgan fingerprint density at radius 2 is 1.62 bits per heavy atom. The molecule has 2 rings (SSSR count). The summed E-state index contributed by atoms with van der Waals surface area (Å²) in [5, 5.41) is 0. The summed E-state index contributed by atoms with van der Waals surface area (Å²) in [6, 6.07) is 8.85. The molecule has 0 N–H and O–H groups in total. The third-order valence-electron chi connectivity index (χ3n) is 2.79. The van der Waals surface area contributed by atoms with Gasteiger partial charge in [-0.15, -0.1) is 0 Å². The van der Waals surface area contributed by atoms with Crippen LogP contribution in [0, 0.1) is 6.92 Å². The molecule has 0 nitrogen and oxygen atoms in total. The van der Waals surface area contributed by atoms with Crippen molar-refractivity contribution >= 4 is 0 Å². The molecule has 0 spiro atoms. The molecule has 0 bridgehead atoms. The van der Waals surface area contributed by atoms with E-state index >= 15 is 0 Å². The normalized spacial score (nSPS) is 18.5. The second-order valence-electron chi connectivity index (χ2n) is 4.06. The van der Waals surface area contributed by atoms with Gasteiger partial charge in [0.25, 0.3) is 0 Å². The van der Waals surface area contributed by atoms with Gasteiger partial charge in [-0.1, -0.05) is 67.5 Å². The lowest BCUT2D eigenvalue weighted by Crippen LogP contribution is -1.97. The zero-order valence-corrected chi connectivity index (χ0v) is 10.8. The molecular formula is C16H22. The van der Waals surface area contributed by atoms with E-state index in [-0.39, 0.29) is 0 Å². The van der Waals surface area contributed by atoms with Gasteiger partial charge in [-0.2, -0.15) is 0 Å². The predicted octanol–water partition coefficient (Wildman–Crippen LogP) is 5.01. The van der Waals surface area contributed by atoms with Crippen molar-refractivity contribution < 1.29 is 0 Å². The van der Waals surface area contributed by atoms with Crippen molar-refractivity contribution in [2.45, 2.75) is 40.0 Å². The molecule has 1 unspecified atom stereocenters. The maximum absolute atomic E-state index is 2.31. The zero-order valence-electron chi connectivity index (χ0n) is 10.8. The van der Waals surface area contributed by atoms with Crippen LogP contribution in [0.25, 0.3) is 0 Å². The van der Waals surface area contributed by atoms with Gasteiger partial charge in [0.15, 0.2) is 0 Å². The lowest BCUT2D eigenvalue weighted by Gasteiger charge is -2.15. The third kappa shape index (κ3) is 3.37. The van der Waals surface area contributed by atoms with E-state index < -0.39 is 0 Å². The summed E-state index contributed by atoms with van der Waals surface area (Å²) >= 11 is 0. The largest absolute Gasteiger partial charge is 0.0807 e. The maximum Gasteiger partial charge on any atom is 0.00559 e. The highest BCUT2D eigenvalue weighted by molar-refractivity contribution is 5.33. The van der Waals surface area contributed by atoms with Crippen LogP contribution in [0.5, 0.6) is 0 Å². The van der Waals surface area contributed by atoms with Crippen LogP contribution < -0.4 is 0 Å². The smallest absolute Gasteiger partial charge is 0.00559 e. The molecule has 0 saturated heterocycles. The first kappa shape index (κ1) is 12.8. The van der Waals surface area contributed by atoms with E-state index in [1.54, 1.807) is 0 Å². The van der Waals surface area contributed by atoms with Crippen LogP contribution >= 0.6 is 0 Å². The van der Waals surface area contributed by atoms with Gasteiger partial charge in [-0.25, -0.2) is 0 Å². The van der Waals surface area contributed by atoms with E-state index in [1.165, 1.54) is 16.7 Å². The molecule has 1 atom stereocenters. The van der Waals surface area contributed by atoms with Gasteiger partial charge in [-0.3, -0.25) is 0 Å². The Morgan fingerprint density at radius 3 is 2.12 bits per heavy atom. The van der Waals surface area contributed by atoms with Crippen molar-refractivity contribution in [3.63, 3.8) is 0 Å². The lowest BCUT2D eigenvalue weighted by molar-refractivity contribution is 0.844. The van der Waals surface area contributed by atoms with Crippen molar-refractivity contribution in [3.8, 4) is 0 Å². The van der Waals surface area contributed by atoms with Gasteiger partial charge in [-0.05, 0) is 25.8 Å². The summed E-state index contributed by atoms with van der Waals surface area (Å²) in [7, 11) is 0. The highest BCUT2D eigenvalue weighted by atomic mass is 14.1. The highest BCUT2D eigenvalue weighted by Gasteiger charge is 2.08. The summed E-state index contributed by atoms with van der Waals surface area (Å²) in [5.41, 5.74) is 4.14. The van der Waals surface area contributed by atoms with Crippen LogP contribution in [-0.2, 0) is 0 Å². The molecule has 0 heteroatoms. The second-order valence-corrected chi connectivity index (χ2v) is 4.06. The minimum absolute atomic E-state index is 0.583. The van der Waals surface area contributed by atoms with E-state index in [2.05, 4.69) is 56.3 Å². The molecule has 86 valence electrons. The van der Waals surface area contributed by atoms with Crippen molar-refractivity contribution in [2.24, 2.45) is 0 Å². The van der Waals surface area contributed by atoms with Crippen molar-refractivity contribution in [3.05, 3.63) is 59.2 Å². The monoisotopic (exact) mass is 214 g/mol. The fraction of sp³-hybridized carbons (Fsp3) is 0.375. The van der Waals surface area contributed by atoms with Gasteiger partial charge in [0, 0.05) is 5.92 Å². The second kappa shape index (κ2) is 6.32. The van der Waals surface area contributed by atoms with E-state index in [0.717, 1.165) is 6.42 Å². The number of rotatable bonds is 1. The Morgan fingerprint density at radius 1 is 1.00 bits per heavy atom. The number of aryl methyl sites for hydroxylation is 1. The van der Waals surface area contributed by atoms with Crippen molar-refractivity contribution in [1.29, 1.82) is 0 Å². The molecule has 0 radical (unpaired) electrons. The third-order valence-corrected chi connectivity index (χ3v) is 2.79. The molecule has 16 heavy (non-hydrogen) atoms. The van der Waals surface area contributed by atoms with Crippen LogP contribution in [0.3, 0.4) is 0 Å². The van der Waals surface area contributed by atoms with E-state index in [0.29, 0.717) is 5.92 Å². The molecule has 0 aromatic heterocycles. The number of allylic oxidation sites excluding steroid dienone is 4. The first-order valence-electron chi connectivity index (χ1n) is 6.17. The van der Waals surface area contributed by atoms with Crippen molar-refractivity contribution in [1.82, 2.24) is 0 Å². The topological polar surface area (TPSA) is 0 Å². The zero-order chi connectivity index (χ0) is 12.0. The highest BCUT2D eigenvalue weighted by Crippen LogP contribution is 2.26. The molecule has 0 amide bonds. The minimum atomic E-state index is 0.583. The Bertz CT molecular complexity index is 366. The fourth-order valence-electron chi connectivity index (χ4n) is 1.79. The average Bonchev–Trinajstić information content (AvgIpc) is 2.34. The predicted molar refractivity (Wildman–Crippen MR) is 72.8 cm³/mol. The minimum Gasteiger partial charge on any atom is -0.0807 e. The van der Waals surface area contributed by atoms with Crippen LogP contribution in [0.2, 0.25) is 0 Å². The van der Waals surface area contributed by atoms with Gasteiger partial charge in [0.05, 0.1) is 0 Å². The van der Waals surface area contributed by atoms with E-state index in [4.69, 9.17) is 0 Å². The van der Waals surface area contributed by atoms with Gasteiger partial charge < -0.3 is 0 Å². The van der Waals surface area contributed by atoms with Crippen LogP contribution in [0.4, 0.5) is 0 Å². The number of benzene rings is 1. The summed E-state index contributed by atoms with van der Waals surface area (Å²) in [4.78, 5) is 0. The van der Waals surface area contributed by atoms with Crippen molar-refractivity contribution in [2.75, 3.05) is 0 Å². The lowest BCUT2D eigenvalue weighted by atomic mass is 9.90. The Hall–Kier alpha value is -1.30. The first-order valence-corrected chi connectivity index (χ1v) is 6.17. The standard InChI is InChI=1S/C14H16.C2H6/c1-11-3-7-13(8-4-11)14-9-5-12(2)6-10-14;1-2/h3-9,14H,10H2,1-2H3;1-2H3. The fourth-order valence-corrected chi connectivity index (χ4v) is 1.79. The quantitative estimate of drug-likeness (QED) is 0.616. The molecule has 0 fully saturated rings. The van der Waals surface area contributed by atoms with Crippen LogP contribution in [0.15, 0.2) is 48.1 Å². The summed E-state index contributed by atoms with van der Waals surface area (Å²) < 4.78 is 0. The molecule has 1 aliphatic rings. The molecule has 1 aliphatic carbocycles. The average molecular weight is 214 g/mol. The van der Waals surface area contributed by atoms with E-state index in [1.807, 2.05) is 13.8 Å². The Labute approximate surface area is 99.7 Å². The van der Waals surface area contributed by atoms with Gasteiger partial charge in [0.2, 0.25) is 0 Å². The summed E-state index contributed by atoms with van der Waals surface area (Å²) in [5.74, 6) is 0.583. The van der Waals surface area contributed by atoms with E-state index in [9.17, 15) is 0 Å². The maximum atomic E-state index is 2.31. The molecule has 0 saturated carbocycles. The van der Waals surface area contributed by atoms with Gasteiger partial charge >= 0.3 is 0 Å². The molecule has 1 aromatic rings. The summed E-state index contributed by atoms with van der Waals surface area (Å²) in [6.45, 7) is 8.28. The molecular weight excluding hydrogens is 192 g/mol. The number of hydrogen-bond donors (Lipinski definition) is 0. The number of hydrogen-bond acceptors (Lipinski definition) is 0. The molecule has 0 aliphatic heterocycles. The van der Waals surface area contributed by atoms with Crippen LogP contribution in [-0.4, -0.2) is 0 Å². The van der Waals surface area contributed by atoms with Gasteiger partial charge in [0.1, 0.15) is 0 Å². The van der Waals surface area contributed by atoms with Crippen LogP contribution in [0.1, 0.15) is 44.2 Å². The first-order chi connectivity index (χ1) is 7.75. The summed E-state index contributed by atoms with van der Waals surface area (Å²) in [6.07, 6.45) is 7.98. The molecule has 1 aromatic carbocycles. The Kier molecular flexibility index (Phi) is 5.04.